The Morgan fingerprint density at radius 2 is 2.00 bits per heavy atom. The van der Waals surface area contributed by atoms with Crippen LogP contribution in [0.3, 0.4) is 0 Å². The maximum absolute atomic E-state index is 12.2. The second kappa shape index (κ2) is 5.90. The molecule has 0 bridgehead atoms. The number of carboxylic acids is 1. The summed E-state index contributed by atoms with van der Waals surface area (Å²) in [4.78, 5) is 11.0. The molecule has 0 aliphatic carbocycles. The van der Waals surface area contributed by atoms with Crippen molar-refractivity contribution in [1.29, 1.82) is 0 Å². The Labute approximate surface area is 118 Å². The Kier molecular flexibility index (Phi) is 4.90. The molecule has 20 heavy (non-hydrogen) atoms. The fourth-order valence-corrected chi connectivity index (χ4v) is 3.02. The molecule has 2 N–H and O–H groups in total. The van der Waals surface area contributed by atoms with Crippen molar-refractivity contribution in [3.63, 3.8) is 0 Å². The molecule has 6 nitrogen and oxygen atoms in total. The lowest BCUT2D eigenvalue weighted by Crippen LogP contribution is -2.39. The van der Waals surface area contributed by atoms with Gasteiger partial charge in [0.05, 0.1) is 16.1 Å². The van der Waals surface area contributed by atoms with Gasteiger partial charge in [-0.15, -0.1) is 0 Å². The second-order valence-electron chi connectivity index (χ2n) is 5.02. The number of hydrogen-bond acceptors (Lipinski definition) is 4. The summed E-state index contributed by atoms with van der Waals surface area (Å²) in [6, 6.07) is 4.16. The number of sulfonamides is 1. The number of aromatic carboxylic acids is 1. The normalized spacial score (nSPS) is 12.4. The third-order valence-corrected chi connectivity index (χ3v) is 4.59. The van der Waals surface area contributed by atoms with Crippen molar-refractivity contribution < 1.29 is 23.1 Å². The molecular weight excluding hydrogens is 282 g/mol. The Balaban J connectivity index is 3.11. The number of ether oxygens (including phenoxy) is 1. The highest BCUT2D eigenvalue weighted by Gasteiger charge is 2.24. The molecule has 1 aromatic rings. The largest absolute Gasteiger partial charge is 0.478 e. The van der Waals surface area contributed by atoms with Crippen LogP contribution in [0, 0.1) is 6.92 Å². The molecule has 0 saturated heterocycles. The molecule has 0 unspecified atom stereocenters. The summed E-state index contributed by atoms with van der Waals surface area (Å²) in [5.74, 6) is -1.16. The molecule has 0 aliphatic rings. The van der Waals surface area contributed by atoms with Crippen LogP contribution in [-0.2, 0) is 14.8 Å². The van der Waals surface area contributed by atoms with Gasteiger partial charge >= 0.3 is 5.97 Å². The monoisotopic (exact) mass is 301 g/mol. The number of nitrogens with one attached hydrogen (secondary N) is 1. The van der Waals surface area contributed by atoms with Crippen molar-refractivity contribution >= 4 is 16.0 Å². The molecule has 0 atom stereocenters. The quantitative estimate of drug-likeness (QED) is 0.828. The zero-order chi connectivity index (χ0) is 15.6. The zero-order valence-electron chi connectivity index (χ0n) is 11.9. The Morgan fingerprint density at radius 1 is 1.40 bits per heavy atom. The van der Waals surface area contributed by atoms with E-state index in [1.54, 1.807) is 13.8 Å². The Morgan fingerprint density at radius 3 is 2.50 bits per heavy atom. The summed E-state index contributed by atoms with van der Waals surface area (Å²) in [7, 11) is -2.29. The number of rotatable bonds is 6. The standard InChI is InChI=1S/C13H19NO5S/c1-9-10(12(15)16)6-5-7-11(9)20(17,18)14-8-13(2,3)19-4/h5-7,14H,8H2,1-4H3,(H,15,16). The molecule has 0 aromatic heterocycles. The van der Waals surface area contributed by atoms with Gasteiger partial charge in [0.25, 0.3) is 0 Å². The number of methoxy groups -OCH3 is 1. The van der Waals surface area contributed by atoms with Crippen LogP contribution >= 0.6 is 0 Å². The zero-order valence-corrected chi connectivity index (χ0v) is 12.7. The average molecular weight is 301 g/mol. The third kappa shape index (κ3) is 3.78. The van der Waals surface area contributed by atoms with Crippen LogP contribution in [0.5, 0.6) is 0 Å². The summed E-state index contributed by atoms with van der Waals surface area (Å²) in [5.41, 5.74) is -0.465. The topological polar surface area (TPSA) is 92.7 Å². The number of carbonyl (C=O) groups is 1. The molecule has 0 amide bonds. The molecule has 0 aliphatic heterocycles. The fourth-order valence-electron chi connectivity index (χ4n) is 1.56. The highest BCUT2D eigenvalue weighted by Crippen LogP contribution is 2.19. The summed E-state index contributed by atoms with van der Waals surface area (Å²) < 4.78 is 32.0. The van der Waals surface area contributed by atoms with Crippen LogP contribution in [0.25, 0.3) is 0 Å². The summed E-state index contributed by atoms with van der Waals surface area (Å²) in [5, 5.41) is 9.02. The first kappa shape index (κ1) is 16.6. The molecule has 1 rings (SSSR count). The van der Waals surface area contributed by atoms with Gasteiger partial charge in [0.2, 0.25) is 10.0 Å². The van der Waals surface area contributed by atoms with E-state index in [9.17, 15) is 13.2 Å². The van der Waals surface area contributed by atoms with E-state index in [4.69, 9.17) is 9.84 Å². The first-order chi connectivity index (χ1) is 9.10. The van der Waals surface area contributed by atoms with Gasteiger partial charge in [-0.3, -0.25) is 0 Å². The van der Waals surface area contributed by atoms with Gasteiger partial charge in [-0.25, -0.2) is 17.9 Å². The fraction of sp³-hybridized carbons (Fsp3) is 0.462. The highest BCUT2D eigenvalue weighted by atomic mass is 32.2. The first-order valence-corrected chi connectivity index (χ1v) is 7.47. The minimum Gasteiger partial charge on any atom is -0.478 e. The molecule has 0 fully saturated rings. The average Bonchev–Trinajstić information content (AvgIpc) is 2.36. The van der Waals surface area contributed by atoms with Gasteiger partial charge in [0, 0.05) is 13.7 Å². The van der Waals surface area contributed by atoms with Crippen LogP contribution in [0.2, 0.25) is 0 Å². The van der Waals surface area contributed by atoms with E-state index in [1.807, 2.05) is 0 Å². The van der Waals surface area contributed by atoms with Gasteiger partial charge in [-0.05, 0) is 38.5 Å². The van der Waals surface area contributed by atoms with E-state index in [2.05, 4.69) is 4.72 Å². The lowest BCUT2D eigenvalue weighted by Gasteiger charge is -2.23. The van der Waals surface area contributed by atoms with Crippen molar-refractivity contribution in [2.24, 2.45) is 0 Å². The van der Waals surface area contributed by atoms with E-state index >= 15 is 0 Å². The van der Waals surface area contributed by atoms with Gasteiger partial charge in [0.1, 0.15) is 0 Å². The Bertz CT molecular complexity index is 607. The van der Waals surface area contributed by atoms with E-state index in [1.165, 1.54) is 32.2 Å². The molecule has 1 aromatic carbocycles. The molecule has 0 spiro atoms. The van der Waals surface area contributed by atoms with Crippen LogP contribution in [0.1, 0.15) is 29.8 Å². The van der Waals surface area contributed by atoms with Gasteiger partial charge < -0.3 is 9.84 Å². The summed E-state index contributed by atoms with van der Waals surface area (Å²) >= 11 is 0. The second-order valence-corrected chi connectivity index (χ2v) is 6.76. The minimum atomic E-state index is -3.78. The van der Waals surface area contributed by atoms with E-state index in [0.29, 0.717) is 0 Å². The maximum Gasteiger partial charge on any atom is 0.335 e. The van der Waals surface area contributed by atoms with Crippen LogP contribution < -0.4 is 4.72 Å². The molecule has 0 heterocycles. The van der Waals surface area contributed by atoms with Crippen molar-refractivity contribution in [3.8, 4) is 0 Å². The highest BCUT2D eigenvalue weighted by molar-refractivity contribution is 7.89. The van der Waals surface area contributed by atoms with E-state index in [0.717, 1.165) is 0 Å². The summed E-state index contributed by atoms with van der Waals surface area (Å²) in [6.45, 7) is 5.05. The van der Waals surface area contributed by atoms with Crippen molar-refractivity contribution in [2.45, 2.75) is 31.3 Å². The van der Waals surface area contributed by atoms with Crippen LogP contribution in [-0.4, -0.2) is 38.7 Å². The summed E-state index contributed by atoms with van der Waals surface area (Å²) in [6.07, 6.45) is 0. The van der Waals surface area contributed by atoms with Gasteiger partial charge in [-0.2, -0.15) is 0 Å². The predicted molar refractivity (Wildman–Crippen MR) is 74.4 cm³/mol. The van der Waals surface area contributed by atoms with Crippen molar-refractivity contribution in [1.82, 2.24) is 4.72 Å². The van der Waals surface area contributed by atoms with Gasteiger partial charge in [0.15, 0.2) is 0 Å². The van der Waals surface area contributed by atoms with Crippen molar-refractivity contribution in [3.05, 3.63) is 29.3 Å². The Hall–Kier alpha value is -1.44. The first-order valence-electron chi connectivity index (χ1n) is 5.98. The number of carboxylic acid groups (broad SMARTS) is 1. The van der Waals surface area contributed by atoms with Crippen molar-refractivity contribution in [2.75, 3.05) is 13.7 Å². The number of benzene rings is 1. The SMILES string of the molecule is COC(C)(C)CNS(=O)(=O)c1cccc(C(=O)O)c1C. The molecule has 112 valence electrons. The third-order valence-electron chi connectivity index (χ3n) is 3.04. The maximum atomic E-state index is 12.2. The molecule has 0 saturated carbocycles. The lowest BCUT2D eigenvalue weighted by atomic mass is 10.1. The minimum absolute atomic E-state index is 0.0288. The van der Waals surface area contributed by atoms with Crippen LogP contribution in [0.15, 0.2) is 23.1 Å². The van der Waals surface area contributed by atoms with Gasteiger partial charge in [-0.1, -0.05) is 6.07 Å². The number of hydrogen-bond donors (Lipinski definition) is 2. The molecular formula is C13H19NO5S. The van der Waals surface area contributed by atoms with Crippen LogP contribution in [0.4, 0.5) is 0 Å². The molecule has 7 heteroatoms. The lowest BCUT2D eigenvalue weighted by molar-refractivity contribution is 0.0276. The van der Waals surface area contributed by atoms with E-state index in [-0.39, 0.29) is 22.6 Å². The van der Waals surface area contributed by atoms with E-state index < -0.39 is 21.6 Å². The molecule has 0 radical (unpaired) electrons. The predicted octanol–water partition coefficient (Wildman–Crippen LogP) is 1.40. The smallest absolute Gasteiger partial charge is 0.335 e.